The highest BCUT2D eigenvalue weighted by Gasteiger charge is 2.21. The third-order valence-corrected chi connectivity index (χ3v) is 5.36. The molecule has 3 aromatic rings. The molecule has 0 saturated heterocycles. The Balaban J connectivity index is 2.33. The first-order chi connectivity index (χ1) is 12.3. The summed E-state index contributed by atoms with van der Waals surface area (Å²) in [7, 11) is -3.58. The first-order valence-corrected chi connectivity index (χ1v) is 9.90. The van der Waals surface area contributed by atoms with Crippen LogP contribution in [0.5, 0.6) is 0 Å². The van der Waals surface area contributed by atoms with Gasteiger partial charge in [-0.3, -0.25) is 9.78 Å². The molecule has 3 rings (SSSR count). The highest BCUT2D eigenvalue weighted by atomic mass is 35.5. The van der Waals surface area contributed by atoms with Gasteiger partial charge in [-0.05, 0) is 42.0 Å². The van der Waals surface area contributed by atoms with E-state index in [4.69, 9.17) is 17.3 Å². The Morgan fingerprint density at radius 2 is 1.85 bits per heavy atom. The molecule has 0 spiro atoms. The molecule has 5 nitrogen and oxygen atoms in total. The summed E-state index contributed by atoms with van der Waals surface area (Å²) in [5, 5.41) is 0.463. The monoisotopic (exact) mass is 386 g/mol. The number of rotatable bonds is 4. The van der Waals surface area contributed by atoms with Crippen molar-refractivity contribution in [3.63, 3.8) is 0 Å². The van der Waals surface area contributed by atoms with Gasteiger partial charge < -0.3 is 5.73 Å². The Morgan fingerprint density at radius 3 is 2.46 bits per heavy atom. The lowest BCUT2D eigenvalue weighted by molar-refractivity contribution is 0.100. The average Bonchev–Trinajstić information content (AvgIpc) is 2.61. The number of benzene rings is 2. The number of aromatic nitrogens is 1. The minimum absolute atomic E-state index is 0.0306. The molecule has 1 amide bonds. The number of pyridine rings is 1. The molecule has 0 unspecified atom stereocenters. The lowest BCUT2D eigenvalue weighted by Gasteiger charge is -2.14. The zero-order chi connectivity index (χ0) is 18.9. The molecule has 1 aromatic heterocycles. The van der Waals surface area contributed by atoms with E-state index in [2.05, 4.69) is 4.98 Å². The third-order valence-electron chi connectivity index (χ3n) is 3.89. The molecule has 0 radical (unpaired) electrons. The molecular formula is C19H15ClN2O3S. The van der Waals surface area contributed by atoms with Crippen molar-refractivity contribution in [2.45, 2.75) is 4.90 Å². The van der Waals surface area contributed by atoms with Gasteiger partial charge in [-0.2, -0.15) is 0 Å². The maximum absolute atomic E-state index is 12.2. The number of primary amides is 1. The summed E-state index contributed by atoms with van der Waals surface area (Å²) in [6, 6.07) is 14.9. The van der Waals surface area contributed by atoms with Crippen molar-refractivity contribution in [2.24, 2.45) is 5.73 Å². The lowest BCUT2D eigenvalue weighted by Crippen LogP contribution is -2.14. The summed E-state index contributed by atoms with van der Waals surface area (Å²) in [6.07, 6.45) is 2.73. The summed E-state index contributed by atoms with van der Waals surface area (Å²) in [6.45, 7) is 0. The first-order valence-electron chi connectivity index (χ1n) is 7.63. The minimum Gasteiger partial charge on any atom is -0.366 e. The Kier molecular flexibility index (Phi) is 4.80. The van der Waals surface area contributed by atoms with E-state index in [0.717, 1.165) is 6.26 Å². The van der Waals surface area contributed by atoms with Crippen LogP contribution >= 0.6 is 11.6 Å². The summed E-state index contributed by atoms with van der Waals surface area (Å²) >= 11 is 6.30. The summed E-state index contributed by atoms with van der Waals surface area (Å²) in [5.74, 6) is -0.708. The number of sulfone groups is 1. The van der Waals surface area contributed by atoms with Crippen LogP contribution < -0.4 is 5.73 Å². The second kappa shape index (κ2) is 6.90. The molecule has 0 aliphatic rings. The molecule has 2 N–H and O–H groups in total. The van der Waals surface area contributed by atoms with Crippen LogP contribution in [0.15, 0.2) is 65.7 Å². The fourth-order valence-corrected chi connectivity index (χ4v) is 3.88. The van der Waals surface area contributed by atoms with Crippen LogP contribution in [-0.4, -0.2) is 25.6 Å². The van der Waals surface area contributed by atoms with Gasteiger partial charge in [0, 0.05) is 34.2 Å². The Bertz CT molecular complexity index is 1100. The number of nitrogens with two attached hydrogens (primary N) is 1. The molecule has 2 aromatic carbocycles. The van der Waals surface area contributed by atoms with Crippen molar-refractivity contribution in [1.82, 2.24) is 4.98 Å². The number of halogens is 1. The maximum atomic E-state index is 12.2. The van der Waals surface area contributed by atoms with Gasteiger partial charge in [0.1, 0.15) is 0 Å². The van der Waals surface area contributed by atoms with Crippen LogP contribution in [0.4, 0.5) is 0 Å². The summed E-state index contributed by atoms with van der Waals surface area (Å²) in [5.41, 5.74) is 7.64. The molecule has 7 heteroatoms. The van der Waals surface area contributed by atoms with Gasteiger partial charge in [0.2, 0.25) is 5.91 Å². The number of hydrogen-bond donors (Lipinski definition) is 1. The van der Waals surface area contributed by atoms with Crippen molar-refractivity contribution in [2.75, 3.05) is 6.26 Å². The smallest absolute Gasteiger partial charge is 0.249 e. The van der Waals surface area contributed by atoms with Gasteiger partial charge in [0.25, 0.3) is 0 Å². The van der Waals surface area contributed by atoms with Crippen molar-refractivity contribution in [1.29, 1.82) is 0 Å². The molecule has 0 saturated carbocycles. The zero-order valence-electron chi connectivity index (χ0n) is 13.8. The molecule has 132 valence electrons. The number of amides is 1. The quantitative estimate of drug-likeness (QED) is 0.742. The van der Waals surface area contributed by atoms with Gasteiger partial charge in [-0.1, -0.05) is 29.8 Å². The van der Waals surface area contributed by atoms with Gasteiger partial charge in [-0.25, -0.2) is 8.42 Å². The normalized spacial score (nSPS) is 11.3. The molecule has 1 heterocycles. The molecule has 0 bridgehead atoms. The van der Waals surface area contributed by atoms with Crippen molar-refractivity contribution < 1.29 is 13.2 Å². The second-order valence-corrected chi connectivity index (χ2v) is 8.12. The van der Waals surface area contributed by atoms with Crippen LogP contribution in [-0.2, 0) is 9.84 Å². The van der Waals surface area contributed by atoms with E-state index < -0.39 is 15.7 Å². The van der Waals surface area contributed by atoms with Crippen molar-refractivity contribution in [3.05, 3.63) is 71.4 Å². The third kappa shape index (κ3) is 3.47. The highest BCUT2D eigenvalue weighted by Crippen LogP contribution is 2.36. The molecule has 0 aliphatic heterocycles. The van der Waals surface area contributed by atoms with Gasteiger partial charge in [0.15, 0.2) is 9.84 Å². The number of carbonyl (C=O) groups excluding carboxylic acids is 1. The molecule has 26 heavy (non-hydrogen) atoms. The first kappa shape index (κ1) is 18.1. The molecule has 0 atom stereocenters. The predicted octanol–water partition coefficient (Wildman–Crippen LogP) is 3.57. The summed E-state index contributed by atoms with van der Waals surface area (Å²) < 4.78 is 24.5. The lowest BCUT2D eigenvalue weighted by atomic mass is 9.96. The van der Waals surface area contributed by atoms with E-state index in [1.54, 1.807) is 36.5 Å². The maximum Gasteiger partial charge on any atom is 0.249 e. The molecule has 0 fully saturated rings. The van der Waals surface area contributed by atoms with E-state index in [0.29, 0.717) is 21.8 Å². The van der Waals surface area contributed by atoms with E-state index in [9.17, 15) is 13.2 Å². The van der Waals surface area contributed by atoms with Gasteiger partial charge >= 0.3 is 0 Å². The Morgan fingerprint density at radius 1 is 1.08 bits per heavy atom. The van der Waals surface area contributed by atoms with Crippen LogP contribution in [0.1, 0.15) is 10.4 Å². The Labute approximate surface area is 156 Å². The van der Waals surface area contributed by atoms with Crippen LogP contribution in [0.25, 0.3) is 22.4 Å². The number of hydrogen-bond acceptors (Lipinski definition) is 4. The van der Waals surface area contributed by atoms with E-state index >= 15 is 0 Å². The van der Waals surface area contributed by atoms with Crippen molar-refractivity contribution in [3.8, 4) is 22.4 Å². The fraction of sp³-hybridized carbons (Fsp3) is 0.0526. The summed E-state index contributed by atoms with van der Waals surface area (Å²) in [4.78, 5) is 16.2. The van der Waals surface area contributed by atoms with Crippen LogP contribution in [0.2, 0.25) is 5.02 Å². The molecule has 0 aliphatic carbocycles. The topological polar surface area (TPSA) is 90.1 Å². The van der Waals surface area contributed by atoms with Crippen molar-refractivity contribution >= 4 is 27.3 Å². The van der Waals surface area contributed by atoms with Crippen LogP contribution in [0.3, 0.4) is 0 Å². The minimum atomic E-state index is -3.58. The predicted molar refractivity (Wildman–Crippen MR) is 102 cm³/mol. The van der Waals surface area contributed by atoms with Gasteiger partial charge in [0.05, 0.1) is 10.6 Å². The number of nitrogens with zero attached hydrogens (tertiary/aromatic N) is 1. The standard InChI is InChI=1S/C19H15ClN2O3S/c1-26(24,25)17-7-4-5-13(19(21)23)18(17)12-8-9-15(20)14(11-12)16-6-2-3-10-22-16/h2-11H,1H3,(H2,21,23). The van der Waals surface area contributed by atoms with E-state index in [1.165, 1.54) is 18.2 Å². The zero-order valence-corrected chi connectivity index (χ0v) is 15.4. The molecular weight excluding hydrogens is 372 g/mol. The average molecular weight is 387 g/mol. The SMILES string of the molecule is CS(=O)(=O)c1cccc(C(N)=O)c1-c1ccc(Cl)c(-c2ccccn2)c1. The number of carbonyl (C=O) groups is 1. The second-order valence-electron chi connectivity index (χ2n) is 5.72. The largest absolute Gasteiger partial charge is 0.366 e. The fourth-order valence-electron chi connectivity index (χ4n) is 2.74. The van der Waals surface area contributed by atoms with Crippen LogP contribution in [0, 0.1) is 0 Å². The highest BCUT2D eigenvalue weighted by molar-refractivity contribution is 7.90. The Hall–Kier alpha value is -2.70. The van der Waals surface area contributed by atoms with Gasteiger partial charge in [-0.15, -0.1) is 0 Å². The van der Waals surface area contributed by atoms with E-state index in [1.807, 2.05) is 6.07 Å². The van der Waals surface area contributed by atoms with E-state index in [-0.39, 0.29) is 16.0 Å².